The van der Waals surface area contributed by atoms with E-state index in [0.717, 1.165) is 19.4 Å². The number of para-hydroxylation sites is 1. The van der Waals surface area contributed by atoms with Crippen LogP contribution in [0.3, 0.4) is 0 Å². The fourth-order valence-electron chi connectivity index (χ4n) is 2.72. The maximum Gasteiger partial charge on any atom is 0.296 e. The van der Waals surface area contributed by atoms with Gasteiger partial charge in [-0.05, 0) is 25.3 Å². The molecule has 2 aliphatic rings. The molecular formula is C12H14N2O3. The van der Waals surface area contributed by atoms with Crippen LogP contribution in [0.15, 0.2) is 18.2 Å². The lowest BCUT2D eigenvalue weighted by Crippen LogP contribution is -2.46. The molecule has 17 heavy (non-hydrogen) atoms. The first-order valence-electron chi connectivity index (χ1n) is 5.94. The molecule has 2 heterocycles. The van der Waals surface area contributed by atoms with Crippen molar-refractivity contribution in [2.45, 2.75) is 25.3 Å². The SMILES string of the molecule is O=[N+]([O-])c1cccc2c1N1CCCCC1CO2. The fourth-order valence-corrected chi connectivity index (χ4v) is 2.72. The summed E-state index contributed by atoms with van der Waals surface area (Å²) in [4.78, 5) is 12.9. The lowest BCUT2D eigenvalue weighted by molar-refractivity contribution is -0.384. The smallest absolute Gasteiger partial charge is 0.296 e. The number of benzene rings is 1. The Bertz CT molecular complexity index is 461. The molecule has 0 saturated carbocycles. The molecule has 3 rings (SSSR count). The minimum absolute atomic E-state index is 0.161. The number of piperidine rings is 1. The van der Waals surface area contributed by atoms with Crippen LogP contribution < -0.4 is 9.64 Å². The molecule has 1 atom stereocenters. The van der Waals surface area contributed by atoms with Crippen molar-refractivity contribution >= 4 is 11.4 Å². The second-order valence-electron chi connectivity index (χ2n) is 4.53. The zero-order chi connectivity index (χ0) is 11.8. The van der Waals surface area contributed by atoms with E-state index in [4.69, 9.17) is 4.74 Å². The van der Waals surface area contributed by atoms with Crippen molar-refractivity contribution in [2.24, 2.45) is 0 Å². The van der Waals surface area contributed by atoms with Gasteiger partial charge in [-0.2, -0.15) is 0 Å². The number of nitro benzene ring substituents is 1. The van der Waals surface area contributed by atoms with Gasteiger partial charge >= 0.3 is 0 Å². The Labute approximate surface area is 99.1 Å². The largest absolute Gasteiger partial charge is 0.489 e. The number of rotatable bonds is 1. The summed E-state index contributed by atoms with van der Waals surface area (Å²) in [6.45, 7) is 1.54. The third kappa shape index (κ3) is 1.62. The summed E-state index contributed by atoms with van der Waals surface area (Å²) in [5.74, 6) is 0.650. The van der Waals surface area contributed by atoms with E-state index in [2.05, 4.69) is 4.90 Å². The molecule has 1 saturated heterocycles. The van der Waals surface area contributed by atoms with E-state index in [-0.39, 0.29) is 10.6 Å². The van der Waals surface area contributed by atoms with Gasteiger partial charge in [0.15, 0.2) is 5.69 Å². The summed E-state index contributed by atoms with van der Waals surface area (Å²) in [5.41, 5.74) is 0.836. The Morgan fingerprint density at radius 1 is 1.41 bits per heavy atom. The molecule has 0 radical (unpaired) electrons. The molecule has 0 bridgehead atoms. The molecule has 0 spiro atoms. The number of nitro groups is 1. The zero-order valence-corrected chi connectivity index (χ0v) is 9.46. The highest BCUT2D eigenvalue weighted by Gasteiger charge is 2.34. The van der Waals surface area contributed by atoms with Gasteiger partial charge in [0.1, 0.15) is 12.4 Å². The summed E-state index contributed by atoms with van der Waals surface area (Å²) in [6, 6.07) is 5.35. The van der Waals surface area contributed by atoms with Gasteiger partial charge in [0.25, 0.3) is 5.69 Å². The van der Waals surface area contributed by atoms with Crippen molar-refractivity contribution < 1.29 is 9.66 Å². The number of hydrogen-bond donors (Lipinski definition) is 0. The molecular weight excluding hydrogens is 220 g/mol. The van der Waals surface area contributed by atoms with Gasteiger partial charge in [-0.3, -0.25) is 10.1 Å². The molecule has 1 unspecified atom stereocenters. The first-order chi connectivity index (χ1) is 8.27. The quantitative estimate of drug-likeness (QED) is 0.553. The molecule has 5 nitrogen and oxygen atoms in total. The van der Waals surface area contributed by atoms with Gasteiger partial charge in [0, 0.05) is 12.6 Å². The summed E-state index contributed by atoms with van der Waals surface area (Å²) >= 11 is 0. The van der Waals surface area contributed by atoms with Crippen molar-refractivity contribution in [3.63, 3.8) is 0 Å². The van der Waals surface area contributed by atoms with E-state index in [9.17, 15) is 10.1 Å². The zero-order valence-electron chi connectivity index (χ0n) is 9.46. The Kier molecular flexibility index (Phi) is 2.39. The molecule has 1 fully saturated rings. The number of ether oxygens (including phenoxy) is 1. The number of anilines is 1. The average molecular weight is 234 g/mol. The van der Waals surface area contributed by atoms with Gasteiger partial charge < -0.3 is 9.64 Å². The van der Waals surface area contributed by atoms with Crippen LogP contribution in [0.4, 0.5) is 11.4 Å². The Morgan fingerprint density at radius 2 is 2.29 bits per heavy atom. The molecule has 1 aromatic carbocycles. The van der Waals surface area contributed by atoms with Crippen LogP contribution >= 0.6 is 0 Å². The Morgan fingerprint density at radius 3 is 3.12 bits per heavy atom. The van der Waals surface area contributed by atoms with Crippen molar-refractivity contribution in [2.75, 3.05) is 18.1 Å². The van der Waals surface area contributed by atoms with E-state index < -0.39 is 0 Å². The van der Waals surface area contributed by atoms with Gasteiger partial charge in [-0.1, -0.05) is 6.07 Å². The lowest BCUT2D eigenvalue weighted by atomic mass is 9.99. The van der Waals surface area contributed by atoms with Crippen LogP contribution in [0.2, 0.25) is 0 Å². The van der Waals surface area contributed by atoms with Crippen LogP contribution in [-0.4, -0.2) is 24.1 Å². The summed E-state index contributed by atoms with van der Waals surface area (Å²) in [5, 5.41) is 11.1. The topological polar surface area (TPSA) is 55.6 Å². The van der Waals surface area contributed by atoms with E-state index in [1.807, 2.05) is 6.07 Å². The fraction of sp³-hybridized carbons (Fsp3) is 0.500. The van der Waals surface area contributed by atoms with Gasteiger partial charge in [-0.25, -0.2) is 0 Å². The summed E-state index contributed by atoms with van der Waals surface area (Å²) in [7, 11) is 0. The minimum atomic E-state index is -0.320. The normalized spacial score (nSPS) is 22.4. The molecule has 0 aliphatic carbocycles. The highest BCUT2D eigenvalue weighted by molar-refractivity contribution is 5.73. The van der Waals surface area contributed by atoms with E-state index in [0.29, 0.717) is 24.1 Å². The average Bonchev–Trinajstić information content (AvgIpc) is 2.37. The summed E-state index contributed by atoms with van der Waals surface area (Å²) in [6.07, 6.45) is 3.34. The molecule has 0 amide bonds. The molecule has 0 aromatic heterocycles. The molecule has 0 N–H and O–H groups in total. The maximum absolute atomic E-state index is 11.1. The second kappa shape index (κ2) is 3.91. The predicted octanol–water partition coefficient (Wildman–Crippen LogP) is 2.35. The van der Waals surface area contributed by atoms with Crippen molar-refractivity contribution in [3.8, 4) is 5.75 Å². The molecule has 5 heteroatoms. The summed E-state index contributed by atoms with van der Waals surface area (Å²) < 4.78 is 5.64. The van der Waals surface area contributed by atoms with E-state index in [1.165, 1.54) is 6.42 Å². The molecule has 1 aromatic rings. The third-order valence-corrected chi connectivity index (χ3v) is 3.52. The first kappa shape index (κ1) is 10.4. The standard InChI is InChI=1S/C12H14N2O3/c15-14(16)10-5-3-6-11-12(10)13-7-2-1-4-9(13)8-17-11/h3,5-6,9H,1-2,4,7-8H2. The van der Waals surface area contributed by atoms with E-state index >= 15 is 0 Å². The van der Waals surface area contributed by atoms with Gasteiger partial charge in [-0.15, -0.1) is 0 Å². The Balaban J connectivity index is 2.09. The molecule has 2 aliphatic heterocycles. The van der Waals surface area contributed by atoms with Crippen molar-refractivity contribution in [1.82, 2.24) is 0 Å². The molecule has 90 valence electrons. The van der Waals surface area contributed by atoms with Crippen LogP contribution in [-0.2, 0) is 0 Å². The number of hydrogen-bond acceptors (Lipinski definition) is 4. The van der Waals surface area contributed by atoms with Crippen LogP contribution in [0, 0.1) is 10.1 Å². The van der Waals surface area contributed by atoms with E-state index in [1.54, 1.807) is 12.1 Å². The Hall–Kier alpha value is -1.78. The highest BCUT2D eigenvalue weighted by Crippen LogP contribution is 2.43. The lowest BCUT2D eigenvalue weighted by Gasteiger charge is -2.41. The minimum Gasteiger partial charge on any atom is -0.489 e. The number of nitrogens with zero attached hydrogens (tertiary/aromatic N) is 2. The van der Waals surface area contributed by atoms with Crippen molar-refractivity contribution in [1.29, 1.82) is 0 Å². The van der Waals surface area contributed by atoms with Gasteiger partial charge in [0.2, 0.25) is 0 Å². The van der Waals surface area contributed by atoms with Crippen LogP contribution in [0.1, 0.15) is 19.3 Å². The third-order valence-electron chi connectivity index (χ3n) is 3.52. The second-order valence-corrected chi connectivity index (χ2v) is 4.53. The first-order valence-corrected chi connectivity index (χ1v) is 5.94. The maximum atomic E-state index is 11.1. The van der Waals surface area contributed by atoms with Crippen LogP contribution in [0.25, 0.3) is 0 Å². The monoisotopic (exact) mass is 234 g/mol. The van der Waals surface area contributed by atoms with Crippen LogP contribution in [0.5, 0.6) is 5.75 Å². The highest BCUT2D eigenvalue weighted by atomic mass is 16.6. The van der Waals surface area contributed by atoms with Gasteiger partial charge in [0.05, 0.1) is 11.0 Å². The van der Waals surface area contributed by atoms with Crippen molar-refractivity contribution in [3.05, 3.63) is 28.3 Å². The predicted molar refractivity (Wildman–Crippen MR) is 63.6 cm³/mol. The number of fused-ring (bicyclic) bond motifs is 3.